The second-order valence-corrected chi connectivity index (χ2v) is 2.92. The maximum Gasteiger partial charge on any atom is 0.115 e. The van der Waals surface area contributed by atoms with Crippen LogP contribution in [-0.2, 0) is 6.54 Å². The molecule has 0 radical (unpaired) electrons. The lowest BCUT2D eigenvalue weighted by Gasteiger charge is -2.02. The van der Waals surface area contributed by atoms with Crippen molar-refractivity contribution < 1.29 is 0 Å². The fourth-order valence-electron chi connectivity index (χ4n) is 1.05. The lowest BCUT2D eigenvalue weighted by atomic mass is 10.3. The number of hydrogen-bond donors (Lipinski definition) is 2. The van der Waals surface area contributed by atoms with E-state index in [0.717, 1.165) is 38.0 Å². The van der Waals surface area contributed by atoms with Crippen LogP contribution in [0.5, 0.6) is 0 Å². The van der Waals surface area contributed by atoms with Crippen LogP contribution in [0.15, 0.2) is 18.7 Å². The van der Waals surface area contributed by atoms with Crippen molar-refractivity contribution in [2.75, 3.05) is 13.1 Å². The summed E-state index contributed by atoms with van der Waals surface area (Å²) < 4.78 is 0. The Labute approximate surface area is 78.6 Å². The van der Waals surface area contributed by atoms with Gasteiger partial charge in [-0.05, 0) is 25.9 Å². The van der Waals surface area contributed by atoms with Gasteiger partial charge in [0.25, 0.3) is 0 Å². The molecular weight excluding hydrogens is 164 g/mol. The Morgan fingerprint density at radius 1 is 1.23 bits per heavy atom. The summed E-state index contributed by atoms with van der Waals surface area (Å²) in [5.41, 5.74) is 6.49. The number of rotatable bonds is 6. The molecule has 4 heteroatoms. The molecule has 0 amide bonds. The van der Waals surface area contributed by atoms with Gasteiger partial charge in [-0.1, -0.05) is 0 Å². The summed E-state index contributed by atoms with van der Waals surface area (Å²) in [7, 11) is 0. The van der Waals surface area contributed by atoms with Gasteiger partial charge in [0.15, 0.2) is 0 Å². The van der Waals surface area contributed by atoms with Gasteiger partial charge in [-0.3, -0.25) is 0 Å². The lowest BCUT2D eigenvalue weighted by Crippen LogP contribution is -2.16. The Morgan fingerprint density at radius 3 is 2.69 bits per heavy atom. The van der Waals surface area contributed by atoms with E-state index in [1.807, 2.05) is 12.4 Å². The zero-order valence-electron chi connectivity index (χ0n) is 7.74. The molecule has 3 N–H and O–H groups in total. The van der Waals surface area contributed by atoms with Crippen LogP contribution in [0.25, 0.3) is 0 Å². The summed E-state index contributed by atoms with van der Waals surface area (Å²) in [5.74, 6) is 0. The molecule has 0 saturated heterocycles. The van der Waals surface area contributed by atoms with Gasteiger partial charge in [-0.15, -0.1) is 0 Å². The maximum absolute atomic E-state index is 5.37. The largest absolute Gasteiger partial charge is 0.330 e. The molecule has 0 bridgehead atoms. The Balaban J connectivity index is 2.07. The summed E-state index contributed by atoms with van der Waals surface area (Å²) in [6.45, 7) is 2.62. The monoisotopic (exact) mass is 180 g/mol. The fourth-order valence-corrected chi connectivity index (χ4v) is 1.05. The lowest BCUT2D eigenvalue weighted by molar-refractivity contribution is 0.625. The van der Waals surface area contributed by atoms with Crippen LogP contribution in [-0.4, -0.2) is 23.1 Å². The molecule has 0 aliphatic heterocycles. The van der Waals surface area contributed by atoms with E-state index in [2.05, 4.69) is 15.3 Å². The third kappa shape index (κ3) is 4.55. The van der Waals surface area contributed by atoms with Gasteiger partial charge in [-0.25, -0.2) is 9.97 Å². The van der Waals surface area contributed by atoms with E-state index < -0.39 is 0 Å². The molecule has 0 unspecified atom stereocenters. The van der Waals surface area contributed by atoms with Crippen molar-refractivity contribution in [1.29, 1.82) is 0 Å². The third-order valence-electron chi connectivity index (χ3n) is 1.75. The Hall–Kier alpha value is -1.00. The number of unbranched alkanes of at least 4 members (excludes halogenated alkanes) is 1. The molecule has 1 aromatic heterocycles. The Bertz CT molecular complexity index is 212. The van der Waals surface area contributed by atoms with Crippen LogP contribution >= 0.6 is 0 Å². The molecule has 1 heterocycles. The number of aromatic nitrogens is 2. The van der Waals surface area contributed by atoms with Crippen molar-refractivity contribution in [3.05, 3.63) is 24.3 Å². The van der Waals surface area contributed by atoms with Crippen LogP contribution in [0.4, 0.5) is 0 Å². The molecule has 0 fully saturated rings. The number of nitrogens with one attached hydrogen (secondary N) is 1. The highest BCUT2D eigenvalue weighted by atomic mass is 14.9. The smallest absolute Gasteiger partial charge is 0.115 e. The van der Waals surface area contributed by atoms with Crippen molar-refractivity contribution in [2.45, 2.75) is 19.4 Å². The van der Waals surface area contributed by atoms with Crippen LogP contribution in [0.3, 0.4) is 0 Å². The molecule has 1 rings (SSSR count). The molecular formula is C9H16N4. The van der Waals surface area contributed by atoms with E-state index >= 15 is 0 Å². The zero-order chi connectivity index (χ0) is 9.36. The van der Waals surface area contributed by atoms with E-state index in [4.69, 9.17) is 5.73 Å². The van der Waals surface area contributed by atoms with Gasteiger partial charge >= 0.3 is 0 Å². The maximum atomic E-state index is 5.37. The molecule has 72 valence electrons. The van der Waals surface area contributed by atoms with Crippen molar-refractivity contribution >= 4 is 0 Å². The van der Waals surface area contributed by atoms with Gasteiger partial charge in [0.1, 0.15) is 6.33 Å². The zero-order valence-corrected chi connectivity index (χ0v) is 7.74. The van der Waals surface area contributed by atoms with E-state index in [9.17, 15) is 0 Å². The minimum absolute atomic E-state index is 0.774. The SMILES string of the molecule is NCCCCNCc1cncnc1. The summed E-state index contributed by atoms with van der Waals surface area (Å²) in [5, 5.41) is 3.30. The molecule has 0 aliphatic carbocycles. The highest BCUT2D eigenvalue weighted by Gasteiger charge is 1.91. The first-order valence-electron chi connectivity index (χ1n) is 4.58. The van der Waals surface area contributed by atoms with Crippen LogP contribution in [0.1, 0.15) is 18.4 Å². The average Bonchev–Trinajstić information content (AvgIpc) is 2.19. The average molecular weight is 180 g/mol. The predicted octanol–water partition coefficient (Wildman–Crippen LogP) is 0.305. The molecule has 1 aromatic rings. The van der Waals surface area contributed by atoms with E-state index in [1.54, 1.807) is 0 Å². The van der Waals surface area contributed by atoms with Gasteiger partial charge in [0.2, 0.25) is 0 Å². The van der Waals surface area contributed by atoms with Gasteiger partial charge in [0.05, 0.1) is 0 Å². The summed E-state index contributed by atoms with van der Waals surface area (Å²) in [4.78, 5) is 7.86. The third-order valence-corrected chi connectivity index (χ3v) is 1.75. The van der Waals surface area contributed by atoms with Crippen molar-refractivity contribution in [1.82, 2.24) is 15.3 Å². The summed E-state index contributed by atoms with van der Waals surface area (Å²) in [6, 6.07) is 0. The molecule has 4 nitrogen and oxygen atoms in total. The van der Waals surface area contributed by atoms with E-state index in [0.29, 0.717) is 0 Å². The van der Waals surface area contributed by atoms with Crippen molar-refractivity contribution in [3.63, 3.8) is 0 Å². The van der Waals surface area contributed by atoms with Crippen LogP contribution in [0, 0.1) is 0 Å². The summed E-state index contributed by atoms with van der Waals surface area (Å²) >= 11 is 0. The quantitative estimate of drug-likeness (QED) is 0.618. The standard InChI is InChI=1S/C9H16N4/c10-3-1-2-4-11-5-9-6-12-8-13-7-9/h6-8,11H,1-5,10H2. The number of hydrogen-bond acceptors (Lipinski definition) is 4. The minimum atomic E-state index is 0.774. The first-order valence-corrected chi connectivity index (χ1v) is 4.58. The molecule has 0 aliphatic rings. The molecule has 0 atom stereocenters. The topological polar surface area (TPSA) is 63.8 Å². The van der Waals surface area contributed by atoms with Gasteiger partial charge in [-0.2, -0.15) is 0 Å². The second-order valence-electron chi connectivity index (χ2n) is 2.92. The van der Waals surface area contributed by atoms with Crippen LogP contribution in [0.2, 0.25) is 0 Å². The second kappa shape index (κ2) is 6.51. The van der Waals surface area contributed by atoms with E-state index in [-0.39, 0.29) is 0 Å². The van der Waals surface area contributed by atoms with Gasteiger partial charge in [0, 0.05) is 24.5 Å². The first kappa shape index (κ1) is 10.1. The highest BCUT2D eigenvalue weighted by Crippen LogP contribution is 1.91. The highest BCUT2D eigenvalue weighted by molar-refractivity contribution is 5.01. The first-order chi connectivity index (χ1) is 6.43. The number of nitrogens with two attached hydrogens (primary N) is 1. The predicted molar refractivity (Wildman–Crippen MR) is 52.0 cm³/mol. The van der Waals surface area contributed by atoms with Crippen molar-refractivity contribution in [3.8, 4) is 0 Å². The number of nitrogens with zero attached hydrogens (tertiary/aromatic N) is 2. The normalized spacial score (nSPS) is 10.2. The molecule has 13 heavy (non-hydrogen) atoms. The van der Waals surface area contributed by atoms with E-state index in [1.165, 1.54) is 6.33 Å². The van der Waals surface area contributed by atoms with Gasteiger partial charge < -0.3 is 11.1 Å². The van der Waals surface area contributed by atoms with Crippen LogP contribution < -0.4 is 11.1 Å². The molecule has 0 spiro atoms. The molecule has 0 saturated carbocycles. The minimum Gasteiger partial charge on any atom is -0.330 e. The van der Waals surface area contributed by atoms with Crippen molar-refractivity contribution in [2.24, 2.45) is 5.73 Å². The molecule has 0 aromatic carbocycles. The Morgan fingerprint density at radius 2 is 2.00 bits per heavy atom. The Kier molecular flexibility index (Phi) is 5.05. The summed E-state index contributed by atoms with van der Waals surface area (Å²) in [6.07, 6.45) is 7.40. The fraction of sp³-hybridized carbons (Fsp3) is 0.556.